The predicted octanol–water partition coefficient (Wildman–Crippen LogP) is 28.2. The van der Waals surface area contributed by atoms with Gasteiger partial charge >= 0.3 is 0 Å². The van der Waals surface area contributed by atoms with E-state index < -0.39 is 10.8 Å². The van der Waals surface area contributed by atoms with E-state index in [0.29, 0.717) is 11.6 Å². The molecule has 2 spiro atoms. The van der Waals surface area contributed by atoms with Crippen molar-refractivity contribution >= 4 is 0 Å². The first-order valence-electron chi connectivity index (χ1n) is 40.3. The molecular weight excluding hydrogens is 1430 g/mol. The van der Waals surface area contributed by atoms with Crippen molar-refractivity contribution in [3.05, 3.63) is 469 Å². The third-order valence-corrected chi connectivity index (χ3v) is 24.5. The fourth-order valence-electron chi connectivity index (χ4n) is 19.0. The van der Waals surface area contributed by atoms with Crippen molar-refractivity contribution in [3.63, 3.8) is 0 Å². The number of ether oxygens (including phenoxy) is 2. The third-order valence-electron chi connectivity index (χ3n) is 24.5. The number of rotatable bonds is 12. The molecule has 0 saturated carbocycles. The molecule has 6 nitrogen and oxygen atoms in total. The van der Waals surface area contributed by atoms with Crippen LogP contribution in [-0.2, 0) is 10.8 Å². The molecule has 118 heavy (non-hydrogen) atoms. The van der Waals surface area contributed by atoms with Gasteiger partial charge in [0.2, 0.25) is 0 Å². The average molecular weight is 1500 g/mol. The Balaban J connectivity index is 0.629. The first kappa shape index (κ1) is 68.1. The van der Waals surface area contributed by atoms with E-state index in [1.165, 1.54) is 44.5 Å². The Morgan fingerprint density at radius 2 is 0.390 bits per heavy atom. The lowest BCUT2D eigenvalue weighted by Crippen LogP contribution is -2.32. The van der Waals surface area contributed by atoms with E-state index in [0.717, 1.165) is 168 Å². The van der Waals surface area contributed by atoms with Gasteiger partial charge in [-0.2, -0.15) is 0 Å². The van der Waals surface area contributed by atoms with Gasteiger partial charge in [0.05, 0.1) is 33.6 Å². The molecule has 0 fully saturated rings. The lowest BCUT2D eigenvalue weighted by Gasteiger charge is -2.39. The monoisotopic (exact) mass is 1500 g/mol. The molecule has 2 aliphatic heterocycles. The van der Waals surface area contributed by atoms with Crippen molar-refractivity contribution in [2.45, 2.75) is 10.8 Å². The summed E-state index contributed by atoms with van der Waals surface area (Å²) in [6.07, 6.45) is 0. The molecule has 550 valence electrons. The zero-order valence-corrected chi connectivity index (χ0v) is 64.0. The van der Waals surface area contributed by atoms with Crippen LogP contribution in [0.5, 0.6) is 23.0 Å². The topological polar surface area (TPSA) is 70.0 Å². The minimum atomic E-state index is -0.603. The molecule has 17 aromatic carbocycles. The number of para-hydroxylation sites is 2. The van der Waals surface area contributed by atoms with E-state index in [2.05, 4.69) is 406 Å². The minimum absolute atomic E-state index is 0.553. The summed E-state index contributed by atoms with van der Waals surface area (Å²) in [4.78, 5) is 21.7. The number of benzene rings is 17. The van der Waals surface area contributed by atoms with Crippen molar-refractivity contribution in [2.75, 3.05) is 0 Å². The zero-order valence-electron chi connectivity index (χ0n) is 64.0. The van der Waals surface area contributed by atoms with Crippen LogP contribution in [0.15, 0.2) is 425 Å². The van der Waals surface area contributed by atoms with Crippen LogP contribution in [0.4, 0.5) is 0 Å². The van der Waals surface area contributed by atoms with E-state index >= 15 is 0 Å². The maximum Gasteiger partial charge on any atom is 0.160 e. The molecule has 4 aliphatic rings. The van der Waals surface area contributed by atoms with Gasteiger partial charge in [0.25, 0.3) is 0 Å². The SMILES string of the molecule is c1ccc(-c2ccc(-c3cc(-c4cccc(-c5ccc6c(c5)Oc5ccccc5C65c6ccccc6-c6ccccc65)c4)nc(-c4ccc(-c5cccc(-c6cc(-c7ccc8c(c7)Oc7ccccc7C87c8ccccc8-c8ccccc87)cc(-c7cc(-c8ccc(-c9ccccc9)cc8)nc(-c8ccccc8)n7)c6)c5)cc4)n3)cc2)cc1. The highest BCUT2D eigenvalue weighted by Gasteiger charge is 2.53. The standard InChI is InChI=1S/C112H70N4O2/c1-4-24-71(25-5-1)73-46-52-76(53-47-73)101-69-103(85-33-23-31-81(63-85)83-58-60-99-107(67-83)117-105-44-20-18-42-97(105)111(99)93-38-14-10-34-89(93)90-35-11-15-39-94(90)111)115-110(114-101)79-56-50-75(51-57-79)80-30-22-32-82(62-80)86-64-87(66-88(65-86)104-70-102(113-109(116-104)78-28-8-3-9-29-78)77-54-48-74(49-55-77)72-26-6-2-7-27-72)84-59-61-100-108(68-84)118-106-45-21-19-43-98(106)112(100)95-40-16-12-36-91(95)92-37-13-17-41-96(92)112/h1-70H. The van der Waals surface area contributed by atoms with E-state index in [1.54, 1.807) is 0 Å². The van der Waals surface area contributed by atoms with E-state index in [4.69, 9.17) is 29.4 Å². The molecule has 2 aromatic heterocycles. The summed E-state index contributed by atoms with van der Waals surface area (Å²) in [5.74, 6) is 4.62. The highest BCUT2D eigenvalue weighted by Crippen LogP contribution is 2.64. The zero-order chi connectivity index (χ0) is 77.8. The van der Waals surface area contributed by atoms with Gasteiger partial charge in [-0.05, 0) is 178 Å². The molecular formula is C112H70N4O2. The lowest BCUT2D eigenvalue weighted by molar-refractivity contribution is 0.436. The Labute approximate surface area is 684 Å². The van der Waals surface area contributed by atoms with Gasteiger partial charge in [-0.25, -0.2) is 19.9 Å². The van der Waals surface area contributed by atoms with E-state index in [9.17, 15) is 0 Å². The average Bonchev–Trinajstić information content (AvgIpc) is 1.52. The van der Waals surface area contributed by atoms with Crippen LogP contribution in [0.25, 0.3) is 157 Å². The molecule has 0 atom stereocenters. The molecule has 0 radical (unpaired) electrons. The molecule has 4 heterocycles. The van der Waals surface area contributed by atoms with Crippen molar-refractivity contribution in [1.29, 1.82) is 0 Å². The molecule has 0 saturated heterocycles. The summed E-state index contributed by atoms with van der Waals surface area (Å²) in [5, 5.41) is 0. The van der Waals surface area contributed by atoms with Crippen LogP contribution in [0.1, 0.15) is 44.5 Å². The second kappa shape index (κ2) is 27.7. The number of hydrogen-bond acceptors (Lipinski definition) is 6. The summed E-state index contributed by atoms with van der Waals surface area (Å²) in [6.45, 7) is 0. The largest absolute Gasteiger partial charge is 0.457 e. The third kappa shape index (κ3) is 11.2. The molecule has 0 unspecified atom stereocenters. The van der Waals surface area contributed by atoms with Crippen LogP contribution in [-0.4, -0.2) is 19.9 Å². The van der Waals surface area contributed by atoms with Crippen molar-refractivity contribution in [2.24, 2.45) is 0 Å². The molecule has 2 aliphatic carbocycles. The molecule has 6 heteroatoms. The second-order valence-corrected chi connectivity index (χ2v) is 31.0. The highest BCUT2D eigenvalue weighted by molar-refractivity contribution is 5.93. The summed E-state index contributed by atoms with van der Waals surface area (Å²) in [6, 6.07) is 152. The van der Waals surface area contributed by atoms with Gasteiger partial charge in [-0.15, -0.1) is 0 Å². The minimum Gasteiger partial charge on any atom is -0.457 e. The van der Waals surface area contributed by atoms with E-state index in [-0.39, 0.29) is 0 Å². The van der Waals surface area contributed by atoms with Gasteiger partial charge in [0.1, 0.15) is 23.0 Å². The predicted molar refractivity (Wildman–Crippen MR) is 478 cm³/mol. The summed E-state index contributed by atoms with van der Waals surface area (Å²) < 4.78 is 14.2. The van der Waals surface area contributed by atoms with Crippen LogP contribution in [0.3, 0.4) is 0 Å². The highest BCUT2D eigenvalue weighted by atomic mass is 16.5. The summed E-state index contributed by atoms with van der Waals surface area (Å²) >= 11 is 0. The normalized spacial score (nSPS) is 13.0. The Morgan fingerprint density at radius 3 is 0.831 bits per heavy atom. The van der Waals surface area contributed by atoms with E-state index in [1.807, 2.05) is 18.2 Å². The maximum atomic E-state index is 7.16. The number of fused-ring (bicyclic) bond motifs is 18. The van der Waals surface area contributed by atoms with Crippen molar-refractivity contribution < 1.29 is 9.47 Å². The Hall–Kier alpha value is -15.5. The number of nitrogens with zero attached hydrogens (tertiary/aromatic N) is 4. The van der Waals surface area contributed by atoms with Gasteiger partial charge in [-0.1, -0.05) is 358 Å². The summed E-state index contributed by atoms with van der Waals surface area (Å²) in [7, 11) is 0. The molecule has 19 aromatic rings. The Kier molecular flexibility index (Phi) is 16.0. The first-order chi connectivity index (χ1) is 58.4. The van der Waals surface area contributed by atoms with Crippen molar-refractivity contribution in [1.82, 2.24) is 19.9 Å². The van der Waals surface area contributed by atoms with Crippen LogP contribution in [0, 0.1) is 0 Å². The maximum absolute atomic E-state index is 7.16. The fraction of sp³-hybridized carbons (Fsp3) is 0.0179. The summed E-state index contributed by atoms with van der Waals surface area (Å²) in [5.41, 5.74) is 35.2. The Bertz CT molecular complexity index is 7130. The van der Waals surface area contributed by atoms with Crippen molar-refractivity contribution in [3.8, 4) is 180 Å². The number of hydrogen-bond donors (Lipinski definition) is 0. The lowest BCUT2D eigenvalue weighted by atomic mass is 9.66. The molecule has 0 amide bonds. The molecule has 0 bridgehead atoms. The fourth-order valence-corrected chi connectivity index (χ4v) is 19.0. The number of aromatic nitrogens is 4. The van der Waals surface area contributed by atoms with Gasteiger partial charge in [0, 0.05) is 55.6 Å². The molecule has 23 rings (SSSR count). The van der Waals surface area contributed by atoms with Crippen LogP contribution < -0.4 is 9.47 Å². The second-order valence-electron chi connectivity index (χ2n) is 31.0. The van der Waals surface area contributed by atoms with Gasteiger partial charge in [0.15, 0.2) is 11.6 Å². The smallest absolute Gasteiger partial charge is 0.160 e. The van der Waals surface area contributed by atoms with Gasteiger partial charge in [-0.3, -0.25) is 0 Å². The van der Waals surface area contributed by atoms with Crippen LogP contribution in [0.2, 0.25) is 0 Å². The quantitative estimate of drug-likeness (QED) is 0.121. The Morgan fingerprint density at radius 1 is 0.144 bits per heavy atom. The first-order valence-corrected chi connectivity index (χ1v) is 40.3. The molecule has 0 N–H and O–H groups in total. The van der Waals surface area contributed by atoms with Crippen LogP contribution >= 0.6 is 0 Å². The van der Waals surface area contributed by atoms with Gasteiger partial charge < -0.3 is 9.47 Å².